The van der Waals surface area contributed by atoms with Crippen LogP contribution in [0.15, 0.2) is 24.3 Å². The number of methoxy groups -OCH3 is 1. The van der Waals surface area contributed by atoms with Crippen molar-refractivity contribution in [1.29, 1.82) is 0 Å². The SMILES string of the molecule is COc1ccc([C@H](O)[C@@](C)(CO)CCl)cc1. The van der Waals surface area contributed by atoms with Crippen LogP contribution in [0.5, 0.6) is 5.75 Å². The number of aliphatic hydroxyl groups excluding tert-OH is 2. The number of alkyl halides is 1. The molecule has 0 unspecified atom stereocenters. The molecular weight excluding hydrogens is 228 g/mol. The van der Waals surface area contributed by atoms with Crippen LogP contribution in [-0.4, -0.2) is 29.8 Å². The predicted octanol–water partition coefficient (Wildman–Crippen LogP) is 1.97. The van der Waals surface area contributed by atoms with Gasteiger partial charge in [0.25, 0.3) is 0 Å². The number of hydrogen-bond donors (Lipinski definition) is 2. The molecule has 4 heteroatoms. The zero-order valence-electron chi connectivity index (χ0n) is 9.48. The van der Waals surface area contributed by atoms with Gasteiger partial charge in [-0.1, -0.05) is 19.1 Å². The van der Waals surface area contributed by atoms with Crippen molar-refractivity contribution in [2.24, 2.45) is 5.41 Å². The van der Waals surface area contributed by atoms with Crippen LogP contribution in [0.1, 0.15) is 18.6 Å². The van der Waals surface area contributed by atoms with E-state index in [2.05, 4.69) is 0 Å². The van der Waals surface area contributed by atoms with Crippen LogP contribution in [0, 0.1) is 5.41 Å². The Morgan fingerprint density at radius 3 is 2.31 bits per heavy atom. The second-order valence-electron chi connectivity index (χ2n) is 4.12. The fraction of sp³-hybridized carbons (Fsp3) is 0.500. The molecule has 1 aromatic rings. The summed E-state index contributed by atoms with van der Waals surface area (Å²) in [4.78, 5) is 0. The van der Waals surface area contributed by atoms with Crippen molar-refractivity contribution >= 4 is 11.6 Å². The van der Waals surface area contributed by atoms with Crippen LogP contribution in [-0.2, 0) is 0 Å². The van der Waals surface area contributed by atoms with Gasteiger partial charge in [-0.15, -0.1) is 11.6 Å². The van der Waals surface area contributed by atoms with Crippen molar-refractivity contribution in [1.82, 2.24) is 0 Å². The van der Waals surface area contributed by atoms with Gasteiger partial charge in [-0.3, -0.25) is 0 Å². The van der Waals surface area contributed by atoms with Gasteiger partial charge in [-0.05, 0) is 17.7 Å². The van der Waals surface area contributed by atoms with Crippen LogP contribution >= 0.6 is 11.6 Å². The largest absolute Gasteiger partial charge is 0.497 e. The molecule has 0 amide bonds. The Bertz CT molecular complexity index is 320. The average molecular weight is 245 g/mol. The van der Waals surface area contributed by atoms with Gasteiger partial charge in [0.1, 0.15) is 5.75 Å². The summed E-state index contributed by atoms with van der Waals surface area (Å²) in [6.45, 7) is 1.58. The van der Waals surface area contributed by atoms with Crippen molar-refractivity contribution in [2.75, 3.05) is 19.6 Å². The molecule has 0 aromatic heterocycles. The summed E-state index contributed by atoms with van der Waals surface area (Å²) in [7, 11) is 1.59. The van der Waals surface area contributed by atoms with E-state index in [0.29, 0.717) is 0 Å². The fourth-order valence-corrected chi connectivity index (χ4v) is 1.62. The van der Waals surface area contributed by atoms with Crippen LogP contribution < -0.4 is 4.74 Å². The molecule has 90 valence electrons. The number of rotatable bonds is 5. The van der Waals surface area contributed by atoms with Gasteiger partial charge in [-0.25, -0.2) is 0 Å². The van der Waals surface area contributed by atoms with Crippen molar-refractivity contribution in [3.05, 3.63) is 29.8 Å². The van der Waals surface area contributed by atoms with Crippen molar-refractivity contribution in [3.8, 4) is 5.75 Å². The summed E-state index contributed by atoms with van der Waals surface area (Å²) in [6, 6.07) is 7.07. The van der Waals surface area contributed by atoms with Crippen LogP contribution in [0.2, 0.25) is 0 Å². The highest BCUT2D eigenvalue weighted by molar-refractivity contribution is 6.18. The van der Waals surface area contributed by atoms with Gasteiger partial charge in [0.05, 0.1) is 19.8 Å². The minimum atomic E-state index is -0.791. The van der Waals surface area contributed by atoms with Gasteiger partial charge in [-0.2, -0.15) is 0 Å². The smallest absolute Gasteiger partial charge is 0.118 e. The van der Waals surface area contributed by atoms with Crippen LogP contribution in [0.4, 0.5) is 0 Å². The van der Waals surface area contributed by atoms with Crippen LogP contribution in [0.25, 0.3) is 0 Å². The summed E-state index contributed by atoms with van der Waals surface area (Å²) in [5.74, 6) is 0.920. The predicted molar refractivity (Wildman–Crippen MR) is 63.9 cm³/mol. The molecule has 1 rings (SSSR count). The Hall–Kier alpha value is -0.770. The molecule has 0 bridgehead atoms. The number of halogens is 1. The highest BCUT2D eigenvalue weighted by atomic mass is 35.5. The molecule has 0 heterocycles. The number of ether oxygens (including phenoxy) is 1. The quantitative estimate of drug-likeness (QED) is 0.779. The third kappa shape index (κ3) is 2.67. The molecule has 0 saturated carbocycles. The van der Waals surface area contributed by atoms with Crippen LogP contribution in [0.3, 0.4) is 0 Å². The zero-order chi connectivity index (χ0) is 12.2. The Balaban J connectivity index is 2.90. The van der Waals surface area contributed by atoms with E-state index in [9.17, 15) is 10.2 Å². The van der Waals surface area contributed by atoms with E-state index in [-0.39, 0.29) is 12.5 Å². The monoisotopic (exact) mass is 244 g/mol. The Kier molecular flexibility index (Phi) is 4.59. The van der Waals surface area contributed by atoms with Gasteiger partial charge >= 0.3 is 0 Å². The Morgan fingerprint density at radius 1 is 1.38 bits per heavy atom. The third-order valence-corrected chi connectivity index (χ3v) is 3.37. The number of aliphatic hydroxyl groups is 2. The standard InChI is InChI=1S/C12H17ClO3/c1-12(7-13,8-14)11(15)9-3-5-10(16-2)6-4-9/h3-6,11,14-15H,7-8H2,1-2H3/t11-,12+/m0/s1. The van der Waals surface area contributed by atoms with E-state index in [0.717, 1.165) is 11.3 Å². The summed E-state index contributed by atoms with van der Waals surface area (Å²) < 4.78 is 5.03. The van der Waals surface area contributed by atoms with Gasteiger partial charge in [0.2, 0.25) is 0 Å². The third-order valence-electron chi connectivity index (χ3n) is 2.76. The maximum atomic E-state index is 10.1. The lowest BCUT2D eigenvalue weighted by atomic mass is 9.83. The summed E-state index contributed by atoms with van der Waals surface area (Å²) >= 11 is 5.77. The molecule has 2 atom stereocenters. The van der Waals surface area contributed by atoms with E-state index >= 15 is 0 Å². The maximum Gasteiger partial charge on any atom is 0.118 e. The van der Waals surface area contributed by atoms with Crippen molar-refractivity contribution in [2.45, 2.75) is 13.0 Å². The molecule has 3 nitrogen and oxygen atoms in total. The molecule has 0 aliphatic heterocycles. The first-order valence-corrected chi connectivity index (χ1v) is 5.59. The van der Waals surface area contributed by atoms with Crippen molar-refractivity contribution in [3.63, 3.8) is 0 Å². The molecule has 0 saturated heterocycles. The zero-order valence-corrected chi connectivity index (χ0v) is 10.2. The van der Waals surface area contributed by atoms with E-state index in [1.54, 1.807) is 38.3 Å². The molecule has 0 fully saturated rings. The minimum absolute atomic E-state index is 0.163. The first-order valence-electron chi connectivity index (χ1n) is 5.06. The molecule has 0 spiro atoms. The van der Waals surface area contributed by atoms with E-state index in [1.807, 2.05) is 0 Å². The van der Waals surface area contributed by atoms with Gasteiger partial charge in [0, 0.05) is 11.3 Å². The van der Waals surface area contributed by atoms with Gasteiger partial charge < -0.3 is 14.9 Å². The second kappa shape index (κ2) is 5.53. The summed E-state index contributed by atoms with van der Waals surface area (Å²) in [6.07, 6.45) is -0.791. The molecule has 0 aliphatic carbocycles. The minimum Gasteiger partial charge on any atom is -0.497 e. The fourth-order valence-electron chi connectivity index (χ4n) is 1.39. The van der Waals surface area contributed by atoms with E-state index in [1.165, 1.54) is 0 Å². The molecule has 2 N–H and O–H groups in total. The molecule has 0 radical (unpaired) electrons. The second-order valence-corrected chi connectivity index (χ2v) is 4.39. The number of benzene rings is 1. The Labute approximate surface area is 101 Å². The first-order chi connectivity index (χ1) is 7.57. The first kappa shape index (κ1) is 13.3. The summed E-state index contributed by atoms with van der Waals surface area (Å²) in [5, 5.41) is 19.4. The molecule has 16 heavy (non-hydrogen) atoms. The van der Waals surface area contributed by atoms with Gasteiger partial charge in [0.15, 0.2) is 0 Å². The van der Waals surface area contributed by atoms with E-state index in [4.69, 9.17) is 16.3 Å². The molecular formula is C12H17ClO3. The van der Waals surface area contributed by atoms with E-state index < -0.39 is 11.5 Å². The lowest BCUT2D eigenvalue weighted by molar-refractivity contribution is 0.00891. The van der Waals surface area contributed by atoms with Crippen molar-refractivity contribution < 1.29 is 14.9 Å². The number of hydrogen-bond acceptors (Lipinski definition) is 3. The topological polar surface area (TPSA) is 49.7 Å². The summed E-state index contributed by atoms with van der Waals surface area (Å²) in [5.41, 5.74) is -0.00568. The normalized spacial score (nSPS) is 16.6. The molecule has 0 aliphatic rings. The highest BCUT2D eigenvalue weighted by Crippen LogP contribution is 2.34. The molecule has 1 aromatic carbocycles. The average Bonchev–Trinajstić information content (AvgIpc) is 2.37. The highest BCUT2D eigenvalue weighted by Gasteiger charge is 2.32. The Morgan fingerprint density at radius 2 is 1.94 bits per heavy atom. The maximum absolute atomic E-state index is 10.1. The lowest BCUT2D eigenvalue weighted by Crippen LogP contribution is -2.31. The lowest BCUT2D eigenvalue weighted by Gasteiger charge is -2.30.